The van der Waals surface area contributed by atoms with Gasteiger partial charge < -0.3 is 10.1 Å². The maximum Gasteiger partial charge on any atom is 0.238 e. The van der Waals surface area contributed by atoms with Gasteiger partial charge in [0.15, 0.2) is 0 Å². The van der Waals surface area contributed by atoms with Gasteiger partial charge in [-0.1, -0.05) is 48.0 Å². The second-order valence-corrected chi connectivity index (χ2v) is 8.09. The lowest BCUT2D eigenvalue weighted by molar-refractivity contribution is -0.118. The third-order valence-corrected chi connectivity index (χ3v) is 5.54. The predicted octanol–water partition coefficient (Wildman–Crippen LogP) is 3.81. The van der Waals surface area contributed by atoms with Crippen LogP contribution >= 0.6 is 11.6 Å². The Morgan fingerprint density at radius 1 is 1.21 bits per heavy atom. The first-order valence-electron chi connectivity index (χ1n) is 10.2. The predicted molar refractivity (Wildman–Crippen MR) is 118 cm³/mol. The van der Waals surface area contributed by atoms with Crippen molar-refractivity contribution in [3.05, 3.63) is 64.7 Å². The molecule has 1 fully saturated rings. The number of carbonyl (C=O) groups is 1. The van der Waals surface area contributed by atoms with E-state index in [0.29, 0.717) is 17.3 Å². The van der Waals surface area contributed by atoms with E-state index in [9.17, 15) is 4.79 Å². The Morgan fingerprint density at radius 3 is 2.62 bits per heavy atom. The molecule has 1 saturated heterocycles. The lowest BCUT2D eigenvalue weighted by atomic mass is 10.1. The quantitative estimate of drug-likeness (QED) is 0.712. The van der Waals surface area contributed by atoms with Gasteiger partial charge in [-0.2, -0.15) is 0 Å². The van der Waals surface area contributed by atoms with Gasteiger partial charge in [-0.3, -0.25) is 14.6 Å². The first-order chi connectivity index (χ1) is 14.0. The molecule has 0 aliphatic carbocycles. The number of anilines is 1. The third-order valence-electron chi connectivity index (χ3n) is 5.22. The first-order valence-corrected chi connectivity index (χ1v) is 10.5. The standard InChI is InChI=1S/C23H30ClN3O2/c1-18-8-9-22(21(24)14-18)25-23(28)17-27(16-20-6-4-3-5-7-20)19(2)15-26-10-12-29-13-11-26/h3-9,14,19H,10-13,15-17H2,1-2H3,(H,25,28). The van der Waals surface area contributed by atoms with Crippen LogP contribution in [0.4, 0.5) is 5.69 Å². The Hall–Kier alpha value is -1.92. The summed E-state index contributed by atoms with van der Waals surface area (Å²) in [5.41, 5.74) is 2.92. The van der Waals surface area contributed by atoms with Gasteiger partial charge >= 0.3 is 0 Å². The summed E-state index contributed by atoms with van der Waals surface area (Å²) in [6.07, 6.45) is 0. The molecule has 156 valence electrons. The van der Waals surface area contributed by atoms with Gasteiger partial charge in [0.2, 0.25) is 5.91 Å². The van der Waals surface area contributed by atoms with Crippen molar-refractivity contribution in [2.75, 3.05) is 44.7 Å². The zero-order valence-electron chi connectivity index (χ0n) is 17.2. The molecular formula is C23H30ClN3O2. The normalized spacial score (nSPS) is 16.0. The number of hydrogen-bond donors (Lipinski definition) is 1. The van der Waals surface area contributed by atoms with E-state index in [-0.39, 0.29) is 11.9 Å². The van der Waals surface area contributed by atoms with Crippen molar-refractivity contribution in [2.45, 2.75) is 26.4 Å². The van der Waals surface area contributed by atoms with Crippen LogP contribution in [0, 0.1) is 6.92 Å². The molecule has 3 rings (SSSR count). The SMILES string of the molecule is Cc1ccc(NC(=O)CN(Cc2ccccc2)C(C)CN2CCOCC2)c(Cl)c1. The zero-order chi connectivity index (χ0) is 20.6. The maximum atomic E-state index is 12.8. The molecule has 1 aliphatic rings. The average molecular weight is 416 g/mol. The van der Waals surface area contributed by atoms with Gasteiger partial charge in [0.05, 0.1) is 30.5 Å². The summed E-state index contributed by atoms with van der Waals surface area (Å²) < 4.78 is 5.46. The summed E-state index contributed by atoms with van der Waals surface area (Å²) >= 11 is 6.28. The molecule has 0 spiro atoms. The van der Waals surface area contributed by atoms with Gasteiger partial charge in [-0.15, -0.1) is 0 Å². The molecule has 2 aromatic carbocycles. The van der Waals surface area contributed by atoms with E-state index >= 15 is 0 Å². The van der Waals surface area contributed by atoms with Crippen molar-refractivity contribution >= 4 is 23.2 Å². The van der Waals surface area contributed by atoms with Crippen LogP contribution in [0.2, 0.25) is 5.02 Å². The summed E-state index contributed by atoms with van der Waals surface area (Å²) in [4.78, 5) is 17.4. The molecule has 1 heterocycles. The molecule has 0 bridgehead atoms. The van der Waals surface area contributed by atoms with E-state index in [4.69, 9.17) is 16.3 Å². The topological polar surface area (TPSA) is 44.8 Å². The van der Waals surface area contributed by atoms with Crippen LogP contribution in [0.15, 0.2) is 48.5 Å². The largest absolute Gasteiger partial charge is 0.379 e. The molecule has 1 unspecified atom stereocenters. The first kappa shape index (κ1) is 21.8. The van der Waals surface area contributed by atoms with Crippen LogP contribution < -0.4 is 5.32 Å². The molecule has 1 aliphatic heterocycles. The lowest BCUT2D eigenvalue weighted by Gasteiger charge is -2.34. The number of ether oxygens (including phenoxy) is 1. The summed E-state index contributed by atoms with van der Waals surface area (Å²) in [7, 11) is 0. The summed E-state index contributed by atoms with van der Waals surface area (Å²) in [5, 5.41) is 3.53. The minimum Gasteiger partial charge on any atom is -0.379 e. The number of halogens is 1. The van der Waals surface area contributed by atoms with Gasteiger partial charge in [0, 0.05) is 32.2 Å². The average Bonchev–Trinajstić information content (AvgIpc) is 2.71. The Kier molecular flexibility index (Phi) is 8.07. The number of nitrogens with zero attached hydrogens (tertiary/aromatic N) is 2. The highest BCUT2D eigenvalue weighted by Gasteiger charge is 2.22. The van der Waals surface area contributed by atoms with Gasteiger partial charge in [0.1, 0.15) is 0 Å². The Labute approximate surface area is 178 Å². The molecule has 0 saturated carbocycles. The monoisotopic (exact) mass is 415 g/mol. The highest BCUT2D eigenvalue weighted by Crippen LogP contribution is 2.22. The van der Waals surface area contributed by atoms with Crippen LogP contribution in [0.3, 0.4) is 0 Å². The molecule has 1 atom stereocenters. The van der Waals surface area contributed by atoms with E-state index in [1.165, 1.54) is 5.56 Å². The summed E-state index contributed by atoms with van der Waals surface area (Å²) in [6, 6.07) is 16.2. The van der Waals surface area contributed by atoms with Crippen molar-refractivity contribution in [1.29, 1.82) is 0 Å². The maximum absolute atomic E-state index is 12.8. The van der Waals surface area contributed by atoms with Crippen molar-refractivity contribution in [3.63, 3.8) is 0 Å². The van der Waals surface area contributed by atoms with Gasteiger partial charge in [0.25, 0.3) is 0 Å². The Bertz CT molecular complexity index is 794. The number of aryl methyl sites for hydroxylation is 1. The fourth-order valence-corrected chi connectivity index (χ4v) is 3.84. The van der Waals surface area contributed by atoms with Gasteiger partial charge in [-0.05, 0) is 37.1 Å². The van der Waals surface area contributed by atoms with E-state index < -0.39 is 0 Å². The lowest BCUT2D eigenvalue weighted by Crippen LogP contribution is -2.47. The highest BCUT2D eigenvalue weighted by atomic mass is 35.5. The second-order valence-electron chi connectivity index (χ2n) is 7.68. The van der Waals surface area contributed by atoms with E-state index in [1.807, 2.05) is 43.3 Å². The smallest absolute Gasteiger partial charge is 0.238 e. The molecule has 0 radical (unpaired) electrons. The number of morpholine rings is 1. The summed E-state index contributed by atoms with van der Waals surface area (Å²) in [6.45, 7) is 9.54. The number of amides is 1. The minimum absolute atomic E-state index is 0.0551. The minimum atomic E-state index is -0.0551. The molecule has 29 heavy (non-hydrogen) atoms. The van der Waals surface area contributed by atoms with E-state index in [0.717, 1.165) is 45.0 Å². The summed E-state index contributed by atoms with van der Waals surface area (Å²) in [5.74, 6) is -0.0551. The van der Waals surface area contributed by atoms with Gasteiger partial charge in [-0.25, -0.2) is 0 Å². The third kappa shape index (κ3) is 6.82. The van der Waals surface area contributed by atoms with Crippen molar-refractivity contribution in [1.82, 2.24) is 9.80 Å². The molecule has 0 aromatic heterocycles. The number of hydrogen-bond acceptors (Lipinski definition) is 4. The number of benzene rings is 2. The van der Waals surface area contributed by atoms with Crippen LogP contribution in [-0.4, -0.2) is 61.1 Å². The molecular weight excluding hydrogens is 386 g/mol. The number of nitrogens with one attached hydrogen (secondary N) is 1. The molecule has 5 nitrogen and oxygen atoms in total. The van der Waals surface area contributed by atoms with Crippen LogP contribution in [0.25, 0.3) is 0 Å². The fraction of sp³-hybridized carbons (Fsp3) is 0.435. The highest BCUT2D eigenvalue weighted by molar-refractivity contribution is 6.33. The van der Waals surface area contributed by atoms with E-state index in [2.05, 4.69) is 34.2 Å². The van der Waals surface area contributed by atoms with Crippen molar-refractivity contribution in [2.24, 2.45) is 0 Å². The van der Waals surface area contributed by atoms with Crippen LogP contribution in [0.1, 0.15) is 18.1 Å². The molecule has 1 amide bonds. The van der Waals surface area contributed by atoms with Crippen molar-refractivity contribution < 1.29 is 9.53 Å². The number of carbonyl (C=O) groups excluding carboxylic acids is 1. The van der Waals surface area contributed by atoms with E-state index in [1.54, 1.807) is 0 Å². The Morgan fingerprint density at radius 2 is 1.93 bits per heavy atom. The zero-order valence-corrected chi connectivity index (χ0v) is 18.0. The molecule has 1 N–H and O–H groups in total. The molecule has 2 aromatic rings. The molecule has 6 heteroatoms. The Balaban J connectivity index is 1.66. The van der Waals surface area contributed by atoms with Crippen LogP contribution in [0.5, 0.6) is 0 Å². The van der Waals surface area contributed by atoms with Crippen molar-refractivity contribution in [3.8, 4) is 0 Å². The van der Waals surface area contributed by atoms with Crippen LogP contribution in [-0.2, 0) is 16.1 Å². The second kappa shape index (κ2) is 10.7. The fourth-order valence-electron chi connectivity index (χ4n) is 3.55. The number of rotatable bonds is 8.